The summed E-state index contributed by atoms with van der Waals surface area (Å²) in [5.41, 5.74) is 2.28. The minimum absolute atomic E-state index is 0.105. The quantitative estimate of drug-likeness (QED) is 0.270. The maximum absolute atomic E-state index is 14.0. The molecule has 1 aromatic heterocycles. The van der Waals surface area contributed by atoms with Gasteiger partial charge in [-0.3, -0.25) is 4.90 Å². The molecule has 1 atom stereocenters. The van der Waals surface area contributed by atoms with E-state index in [2.05, 4.69) is 15.5 Å². The molecule has 35 heavy (non-hydrogen) atoms. The van der Waals surface area contributed by atoms with Gasteiger partial charge in [-0.15, -0.1) is 0 Å². The van der Waals surface area contributed by atoms with Gasteiger partial charge in [-0.05, 0) is 73.2 Å². The van der Waals surface area contributed by atoms with E-state index in [4.69, 9.17) is 16.7 Å². The second kappa shape index (κ2) is 8.95. The molecule has 0 bridgehead atoms. The van der Waals surface area contributed by atoms with Crippen LogP contribution in [-0.2, 0) is 0 Å². The van der Waals surface area contributed by atoms with Gasteiger partial charge in [0.05, 0.1) is 17.3 Å². The highest BCUT2D eigenvalue weighted by atomic mass is 32.1. The highest BCUT2D eigenvalue weighted by Crippen LogP contribution is 2.39. The van der Waals surface area contributed by atoms with Gasteiger partial charge >= 0.3 is 0 Å². The SMILES string of the molecule is CC1=C(c2nc(-c3ccc(F)cc3)no2)C(c2ccc(F)cc2)NC(=S)N1c1cc(F)cc(F)c1. The van der Waals surface area contributed by atoms with Crippen molar-refractivity contribution in [2.75, 3.05) is 4.90 Å². The van der Waals surface area contributed by atoms with Crippen molar-refractivity contribution < 1.29 is 22.1 Å². The molecule has 5 nitrogen and oxygen atoms in total. The topological polar surface area (TPSA) is 54.2 Å². The van der Waals surface area contributed by atoms with Crippen molar-refractivity contribution >= 4 is 28.6 Å². The molecule has 1 aliphatic rings. The van der Waals surface area contributed by atoms with Crippen molar-refractivity contribution in [1.82, 2.24) is 15.5 Å². The summed E-state index contributed by atoms with van der Waals surface area (Å²) in [4.78, 5) is 5.93. The second-order valence-electron chi connectivity index (χ2n) is 7.83. The zero-order valence-electron chi connectivity index (χ0n) is 18.1. The second-order valence-corrected chi connectivity index (χ2v) is 8.21. The molecule has 2 heterocycles. The van der Waals surface area contributed by atoms with E-state index in [0.29, 0.717) is 22.4 Å². The van der Waals surface area contributed by atoms with Crippen molar-refractivity contribution in [2.24, 2.45) is 0 Å². The van der Waals surface area contributed by atoms with Crippen LogP contribution in [0.3, 0.4) is 0 Å². The lowest BCUT2D eigenvalue weighted by molar-refractivity contribution is 0.404. The lowest BCUT2D eigenvalue weighted by atomic mass is 9.94. The summed E-state index contributed by atoms with van der Waals surface area (Å²) in [7, 11) is 0. The van der Waals surface area contributed by atoms with E-state index >= 15 is 0 Å². The van der Waals surface area contributed by atoms with Crippen LogP contribution in [0.25, 0.3) is 17.0 Å². The zero-order chi connectivity index (χ0) is 24.7. The van der Waals surface area contributed by atoms with Gasteiger partial charge in [-0.1, -0.05) is 17.3 Å². The average Bonchev–Trinajstić information content (AvgIpc) is 3.29. The molecule has 4 aromatic rings. The summed E-state index contributed by atoms with van der Waals surface area (Å²) in [6.45, 7) is 1.70. The van der Waals surface area contributed by atoms with Gasteiger partial charge in [0.1, 0.15) is 23.3 Å². The predicted octanol–water partition coefficient (Wildman–Crippen LogP) is 6.16. The van der Waals surface area contributed by atoms with E-state index in [1.54, 1.807) is 19.1 Å². The standard InChI is InChI=1S/C25H16F4N4OS/c1-13-21(24-31-23(32-34-24)15-4-8-17(27)9-5-15)22(14-2-6-16(26)7-3-14)30-25(35)33(13)20-11-18(28)10-19(29)12-20/h2-12,22H,1H3,(H,30,35). The summed E-state index contributed by atoms with van der Waals surface area (Å²) in [6.07, 6.45) is 0. The van der Waals surface area contributed by atoms with E-state index in [0.717, 1.165) is 18.2 Å². The van der Waals surface area contributed by atoms with Crippen molar-refractivity contribution in [3.63, 3.8) is 0 Å². The molecule has 176 valence electrons. The Morgan fingerprint density at radius 1 is 0.857 bits per heavy atom. The fraction of sp³-hybridized carbons (Fsp3) is 0.0800. The van der Waals surface area contributed by atoms with Gasteiger partial charge in [0.2, 0.25) is 5.82 Å². The Labute approximate surface area is 202 Å². The van der Waals surface area contributed by atoms with Gasteiger partial charge in [0.15, 0.2) is 5.11 Å². The van der Waals surface area contributed by atoms with Crippen molar-refractivity contribution in [3.8, 4) is 11.4 Å². The number of nitrogens with one attached hydrogen (secondary N) is 1. The molecule has 1 unspecified atom stereocenters. The number of aromatic nitrogens is 2. The van der Waals surface area contributed by atoms with Crippen molar-refractivity contribution in [1.29, 1.82) is 0 Å². The molecule has 5 rings (SSSR count). The largest absolute Gasteiger partial charge is 0.351 e. The van der Waals surface area contributed by atoms with Crippen LogP contribution in [0.1, 0.15) is 24.4 Å². The van der Waals surface area contributed by atoms with E-state index in [9.17, 15) is 17.6 Å². The maximum Gasteiger partial charge on any atom is 0.258 e. The Bertz CT molecular complexity index is 1430. The summed E-state index contributed by atoms with van der Waals surface area (Å²) < 4.78 is 60.5. The number of rotatable bonds is 4. The summed E-state index contributed by atoms with van der Waals surface area (Å²) >= 11 is 5.53. The monoisotopic (exact) mass is 496 g/mol. The first kappa shape index (κ1) is 22.7. The molecule has 0 radical (unpaired) electrons. The number of benzene rings is 3. The average molecular weight is 496 g/mol. The number of halogens is 4. The van der Waals surface area contributed by atoms with Crippen molar-refractivity contribution in [3.05, 3.63) is 107 Å². The van der Waals surface area contributed by atoms with Crippen LogP contribution in [0.5, 0.6) is 0 Å². The molecule has 1 N–H and O–H groups in total. The van der Waals surface area contributed by atoms with Crippen LogP contribution in [0.2, 0.25) is 0 Å². The van der Waals surface area contributed by atoms with Gasteiger partial charge < -0.3 is 9.84 Å². The first-order valence-corrected chi connectivity index (χ1v) is 10.8. The lowest BCUT2D eigenvalue weighted by Crippen LogP contribution is -2.46. The van der Waals surface area contributed by atoms with Gasteiger partial charge in [0.25, 0.3) is 5.89 Å². The van der Waals surface area contributed by atoms with Gasteiger partial charge in [-0.25, -0.2) is 17.6 Å². The Kier molecular flexibility index (Phi) is 5.81. The Balaban J connectivity index is 1.66. The van der Waals surface area contributed by atoms with E-state index in [1.165, 1.54) is 41.3 Å². The van der Waals surface area contributed by atoms with Crippen LogP contribution < -0.4 is 10.2 Å². The Hall–Kier alpha value is -4.05. The Morgan fingerprint density at radius 2 is 1.46 bits per heavy atom. The fourth-order valence-electron chi connectivity index (χ4n) is 3.95. The first-order chi connectivity index (χ1) is 16.8. The molecule has 0 aliphatic carbocycles. The molecule has 3 aromatic carbocycles. The molecule has 10 heteroatoms. The number of thiocarbonyl (C=S) groups is 1. The maximum atomic E-state index is 14.0. The van der Waals surface area contributed by atoms with E-state index in [1.807, 2.05) is 0 Å². The highest BCUT2D eigenvalue weighted by Gasteiger charge is 2.35. The summed E-state index contributed by atoms with van der Waals surface area (Å²) in [6, 6.07) is 13.8. The summed E-state index contributed by atoms with van der Waals surface area (Å²) in [5.74, 6) is -2.04. The fourth-order valence-corrected chi connectivity index (χ4v) is 4.31. The molecular weight excluding hydrogens is 480 g/mol. The number of allylic oxidation sites excluding steroid dienone is 1. The zero-order valence-corrected chi connectivity index (χ0v) is 18.9. The number of anilines is 1. The number of nitrogens with zero attached hydrogens (tertiary/aromatic N) is 3. The van der Waals surface area contributed by atoms with Crippen LogP contribution >= 0.6 is 12.2 Å². The minimum atomic E-state index is -0.769. The summed E-state index contributed by atoms with van der Waals surface area (Å²) in [5, 5.41) is 7.31. The van der Waals surface area contributed by atoms with Crippen LogP contribution in [0, 0.1) is 23.3 Å². The minimum Gasteiger partial charge on any atom is -0.351 e. The third-order valence-electron chi connectivity index (χ3n) is 5.55. The van der Waals surface area contributed by atoms with Crippen LogP contribution in [0.15, 0.2) is 77.0 Å². The highest BCUT2D eigenvalue weighted by molar-refractivity contribution is 7.80. The van der Waals surface area contributed by atoms with Gasteiger partial charge in [-0.2, -0.15) is 4.98 Å². The van der Waals surface area contributed by atoms with Crippen LogP contribution in [0.4, 0.5) is 23.2 Å². The predicted molar refractivity (Wildman–Crippen MR) is 126 cm³/mol. The molecule has 1 aliphatic heterocycles. The molecule has 0 amide bonds. The molecule has 0 saturated carbocycles. The number of hydrogen-bond acceptors (Lipinski definition) is 4. The molecular formula is C25H16F4N4OS. The van der Waals surface area contributed by atoms with Crippen molar-refractivity contribution in [2.45, 2.75) is 13.0 Å². The first-order valence-electron chi connectivity index (χ1n) is 10.4. The van der Waals surface area contributed by atoms with Gasteiger partial charge in [0, 0.05) is 17.3 Å². The molecule has 0 saturated heterocycles. The van der Waals surface area contributed by atoms with E-state index in [-0.39, 0.29) is 22.5 Å². The van der Waals surface area contributed by atoms with Crippen LogP contribution in [-0.4, -0.2) is 15.3 Å². The van der Waals surface area contributed by atoms with E-state index < -0.39 is 29.3 Å². The normalized spacial score (nSPS) is 16.0. The third kappa shape index (κ3) is 4.40. The number of hydrogen-bond donors (Lipinski definition) is 1. The Morgan fingerprint density at radius 3 is 2.09 bits per heavy atom. The third-order valence-corrected chi connectivity index (χ3v) is 5.85. The lowest BCUT2D eigenvalue weighted by Gasteiger charge is -2.37. The molecule has 0 spiro atoms. The molecule has 0 fully saturated rings. The smallest absolute Gasteiger partial charge is 0.258 e.